The number of carbonyl (C=O) groups is 1. The van der Waals surface area contributed by atoms with Crippen molar-refractivity contribution >= 4 is 38.0 Å². The lowest BCUT2D eigenvalue weighted by molar-refractivity contribution is -0.385. The van der Waals surface area contributed by atoms with Gasteiger partial charge in [0.2, 0.25) is 0 Å². The molecule has 0 saturated carbocycles. The molecule has 11 heteroatoms. The number of hydrogen-bond acceptors (Lipinski definition) is 7. The summed E-state index contributed by atoms with van der Waals surface area (Å²) < 4.78 is 28.9. The molecule has 0 unspecified atom stereocenters. The molecule has 1 aromatic heterocycles. The molecular formula is C21H26N4O5S2. The fourth-order valence-electron chi connectivity index (χ4n) is 4.17. The highest BCUT2D eigenvalue weighted by molar-refractivity contribution is 7.93. The second kappa shape index (κ2) is 8.80. The van der Waals surface area contributed by atoms with Crippen LogP contribution in [0.5, 0.6) is 0 Å². The first-order valence-corrected chi connectivity index (χ1v) is 12.9. The molecule has 1 saturated heterocycles. The number of benzene rings is 1. The number of likely N-dealkylation sites (N-methyl/N-ethyl adjacent to an activating group) is 1. The highest BCUT2D eigenvalue weighted by atomic mass is 32.2. The molecule has 1 amide bonds. The van der Waals surface area contributed by atoms with E-state index in [9.17, 15) is 23.3 Å². The number of nitro benzene ring substituents is 1. The number of fused-ring (bicyclic) bond motifs is 1. The number of carbonyl (C=O) groups excluding carboxylic acids is 1. The Bertz CT molecular complexity index is 1170. The van der Waals surface area contributed by atoms with Crippen molar-refractivity contribution in [2.24, 2.45) is 0 Å². The summed E-state index contributed by atoms with van der Waals surface area (Å²) in [6.45, 7) is 4.28. The van der Waals surface area contributed by atoms with E-state index >= 15 is 0 Å². The summed E-state index contributed by atoms with van der Waals surface area (Å²) in [5.41, 5.74) is 1.51. The van der Waals surface area contributed by atoms with Crippen LogP contribution < -0.4 is 4.72 Å². The summed E-state index contributed by atoms with van der Waals surface area (Å²) in [6, 6.07) is 3.83. The van der Waals surface area contributed by atoms with Gasteiger partial charge in [0.1, 0.15) is 5.00 Å². The van der Waals surface area contributed by atoms with Crippen molar-refractivity contribution in [1.82, 2.24) is 9.80 Å². The number of anilines is 1. The summed E-state index contributed by atoms with van der Waals surface area (Å²) in [7, 11) is -2.10. The minimum absolute atomic E-state index is 0.148. The molecule has 1 N–H and O–H groups in total. The lowest BCUT2D eigenvalue weighted by Crippen LogP contribution is -2.47. The van der Waals surface area contributed by atoms with Crippen molar-refractivity contribution in [2.45, 2.75) is 37.5 Å². The number of sulfonamides is 1. The van der Waals surface area contributed by atoms with E-state index in [1.54, 1.807) is 11.8 Å². The first kappa shape index (κ1) is 22.7. The Morgan fingerprint density at radius 1 is 1.16 bits per heavy atom. The molecule has 1 aliphatic carbocycles. The van der Waals surface area contributed by atoms with E-state index in [0.29, 0.717) is 29.2 Å². The number of aryl methyl sites for hydroxylation is 2. The second-order valence-corrected chi connectivity index (χ2v) is 11.1. The first-order chi connectivity index (χ1) is 15.2. The molecule has 0 atom stereocenters. The fourth-order valence-corrected chi connectivity index (χ4v) is 6.77. The van der Waals surface area contributed by atoms with Crippen molar-refractivity contribution < 1.29 is 18.1 Å². The van der Waals surface area contributed by atoms with Gasteiger partial charge in [-0.15, -0.1) is 11.3 Å². The van der Waals surface area contributed by atoms with E-state index in [4.69, 9.17) is 0 Å². The van der Waals surface area contributed by atoms with E-state index in [0.717, 1.165) is 55.3 Å². The van der Waals surface area contributed by atoms with Gasteiger partial charge >= 0.3 is 0 Å². The van der Waals surface area contributed by atoms with E-state index in [2.05, 4.69) is 9.62 Å². The van der Waals surface area contributed by atoms with E-state index < -0.39 is 14.9 Å². The van der Waals surface area contributed by atoms with E-state index in [1.807, 2.05) is 7.05 Å². The van der Waals surface area contributed by atoms with Crippen LogP contribution in [0.2, 0.25) is 0 Å². The van der Waals surface area contributed by atoms with Crippen molar-refractivity contribution in [3.8, 4) is 0 Å². The summed E-state index contributed by atoms with van der Waals surface area (Å²) in [5, 5.41) is 11.6. The molecule has 2 aliphatic rings. The Hall–Kier alpha value is -2.50. The van der Waals surface area contributed by atoms with Crippen LogP contribution >= 0.6 is 11.3 Å². The van der Waals surface area contributed by atoms with Gasteiger partial charge in [0.05, 0.1) is 15.4 Å². The standard InChI is InChI=1S/C21H26N4O5S2/c1-14-7-8-15(13-17(14)25(27)28)32(29,30)22-20-19(16-5-3-4-6-18(16)31-20)21(26)24-11-9-23(2)10-12-24/h7-8,13,22H,3-6,9-12H2,1-2H3. The molecule has 0 radical (unpaired) electrons. The highest BCUT2D eigenvalue weighted by Crippen LogP contribution is 2.40. The number of nitrogens with zero attached hydrogens (tertiary/aromatic N) is 3. The summed E-state index contributed by atoms with van der Waals surface area (Å²) in [5.74, 6) is -0.148. The van der Waals surface area contributed by atoms with E-state index in [1.165, 1.54) is 23.5 Å². The van der Waals surface area contributed by atoms with E-state index in [-0.39, 0.29) is 16.5 Å². The normalized spacial score (nSPS) is 17.1. The molecule has 1 aromatic carbocycles. The predicted molar refractivity (Wildman–Crippen MR) is 123 cm³/mol. The Kier molecular flexibility index (Phi) is 6.24. The minimum Gasteiger partial charge on any atom is -0.336 e. The average molecular weight is 479 g/mol. The highest BCUT2D eigenvalue weighted by Gasteiger charge is 2.32. The lowest BCUT2D eigenvalue weighted by Gasteiger charge is -2.33. The molecule has 32 heavy (non-hydrogen) atoms. The number of amides is 1. The van der Waals surface area contributed by atoms with Gasteiger partial charge in [0.15, 0.2) is 0 Å². The summed E-state index contributed by atoms with van der Waals surface area (Å²) in [4.78, 5) is 28.9. The first-order valence-electron chi connectivity index (χ1n) is 10.6. The van der Waals surface area contributed by atoms with Crippen LogP contribution in [-0.4, -0.2) is 62.3 Å². The van der Waals surface area contributed by atoms with Gasteiger partial charge in [-0.25, -0.2) is 8.42 Å². The molecule has 1 aliphatic heterocycles. The van der Waals surface area contributed by atoms with Crippen molar-refractivity contribution in [3.05, 3.63) is 49.9 Å². The van der Waals surface area contributed by atoms with Gasteiger partial charge in [-0.3, -0.25) is 19.6 Å². The number of nitro groups is 1. The van der Waals surface area contributed by atoms with Crippen LogP contribution in [-0.2, 0) is 22.9 Å². The van der Waals surface area contributed by atoms with Crippen molar-refractivity contribution in [2.75, 3.05) is 37.9 Å². The zero-order chi connectivity index (χ0) is 23.0. The van der Waals surface area contributed by atoms with Crippen LogP contribution in [0, 0.1) is 17.0 Å². The molecule has 9 nitrogen and oxygen atoms in total. The van der Waals surface area contributed by atoms with Gasteiger partial charge < -0.3 is 9.80 Å². The largest absolute Gasteiger partial charge is 0.336 e. The third kappa shape index (κ3) is 4.37. The van der Waals surface area contributed by atoms with Crippen LogP contribution in [0.1, 0.15) is 39.2 Å². The SMILES string of the molecule is Cc1ccc(S(=O)(=O)Nc2sc3c(c2C(=O)N2CCN(C)CC2)CCCC3)cc1[N+](=O)[O-]. The Morgan fingerprint density at radius 2 is 1.84 bits per heavy atom. The van der Waals surface area contributed by atoms with Crippen LogP contribution in [0.15, 0.2) is 23.1 Å². The molecule has 172 valence electrons. The predicted octanol–water partition coefficient (Wildman–Crippen LogP) is 3.03. The number of nitrogens with one attached hydrogen (secondary N) is 1. The topological polar surface area (TPSA) is 113 Å². The average Bonchev–Trinajstić information content (AvgIpc) is 3.10. The lowest BCUT2D eigenvalue weighted by atomic mass is 9.95. The third-order valence-electron chi connectivity index (χ3n) is 6.09. The van der Waals surface area contributed by atoms with Crippen molar-refractivity contribution in [1.29, 1.82) is 0 Å². The number of rotatable bonds is 5. The van der Waals surface area contributed by atoms with Crippen LogP contribution in [0.4, 0.5) is 10.7 Å². The number of thiophene rings is 1. The van der Waals surface area contributed by atoms with Gasteiger partial charge in [0, 0.05) is 42.7 Å². The van der Waals surface area contributed by atoms with Gasteiger partial charge in [0.25, 0.3) is 21.6 Å². The molecule has 4 rings (SSSR count). The number of piperazine rings is 1. The molecular weight excluding hydrogens is 452 g/mol. The van der Waals surface area contributed by atoms with Crippen LogP contribution in [0.3, 0.4) is 0 Å². The van der Waals surface area contributed by atoms with Gasteiger partial charge in [-0.2, -0.15) is 0 Å². The third-order valence-corrected chi connectivity index (χ3v) is 8.77. The molecule has 0 spiro atoms. The van der Waals surface area contributed by atoms with Crippen LogP contribution in [0.25, 0.3) is 0 Å². The maximum absolute atomic E-state index is 13.5. The molecule has 1 fully saturated rings. The van der Waals surface area contributed by atoms with Crippen molar-refractivity contribution in [3.63, 3.8) is 0 Å². The number of hydrogen-bond donors (Lipinski definition) is 1. The molecule has 0 bridgehead atoms. The van der Waals surface area contributed by atoms with Gasteiger partial charge in [-0.05, 0) is 51.3 Å². The smallest absolute Gasteiger partial charge is 0.273 e. The zero-order valence-electron chi connectivity index (χ0n) is 18.1. The fraction of sp³-hybridized carbons (Fsp3) is 0.476. The Morgan fingerprint density at radius 3 is 2.53 bits per heavy atom. The zero-order valence-corrected chi connectivity index (χ0v) is 19.7. The summed E-state index contributed by atoms with van der Waals surface area (Å²) >= 11 is 1.31. The maximum Gasteiger partial charge on any atom is 0.273 e. The Balaban J connectivity index is 1.71. The quantitative estimate of drug-likeness (QED) is 0.522. The second-order valence-electron chi connectivity index (χ2n) is 8.32. The summed E-state index contributed by atoms with van der Waals surface area (Å²) in [6.07, 6.45) is 3.54. The molecule has 2 heterocycles. The Labute approximate surface area is 191 Å². The molecule has 2 aromatic rings. The van der Waals surface area contributed by atoms with Gasteiger partial charge in [-0.1, -0.05) is 6.07 Å². The monoisotopic (exact) mass is 478 g/mol. The maximum atomic E-state index is 13.5. The minimum atomic E-state index is -4.10.